The SMILES string of the molecule is C[C@H](NC(=O)[C@H]1CC(=O)N(c2ccccc2Br)C1)C(=O)N1CCOCC1. The minimum atomic E-state index is -0.617. The molecule has 0 aliphatic carbocycles. The molecule has 26 heavy (non-hydrogen) atoms. The van der Waals surface area contributed by atoms with Crippen molar-refractivity contribution in [3.63, 3.8) is 0 Å². The van der Waals surface area contributed by atoms with Crippen molar-refractivity contribution in [1.29, 1.82) is 0 Å². The molecule has 3 amide bonds. The maximum absolute atomic E-state index is 12.6. The van der Waals surface area contributed by atoms with Crippen LogP contribution in [-0.2, 0) is 19.1 Å². The topological polar surface area (TPSA) is 79.0 Å². The van der Waals surface area contributed by atoms with Gasteiger partial charge in [0.2, 0.25) is 17.7 Å². The predicted molar refractivity (Wildman–Crippen MR) is 99.6 cm³/mol. The third-order valence-corrected chi connectivity index (χ3v) is 5.36. The number of carbonyl (C=O) groups excluding carboxylic acids is 3. The lowest BCUT2D eigenvalue weighted by Crippen LogP contribution is -2.51. The molecular formula is C18H22BrN3O4. The van der Waals surface area contributed by atoms with Crippen LogP contribution in [0.1, 0.15) is 13.3 Å². The lowest BCUT2D eigenvalue weighted by Gasteiger charge is -2.29. The first-order valence-electron chi connectivity index (χ1n) is 8.69. The van der Waals surface area contributed by atoms with Gasteiger partial charge in [-0.1, -0.05) is 12.1 Å². The zero-order valence-corrected chi connectivity index (χ0v) is 16.2. The van der Waals surface area contributed by atoms with E-state index < -0.39 is 12.0 Å². The van der Waals surface area contributed by atoms with E-state index in [0.29, 0.717) is 32.8 Å². The summed E-state index contributed by atoms with van der Waals surface area (Å²) in [4.78, 5) is 40.6. The van der Waals surface area contributed by atoms with Crippen molar-refractivity contribution < 1.29 is 19.1 Å². The van der Waals surface area contributed by atoms with Gasteiger partial charge in [-0.3, -0.25) is 14.4 Å². The number of hydrogen-bond donors (Lipinski definition) is 1. The highest BCUT2D eigenvalue weighted by Gasteiger charge is 2.37. The standard InChI is InChI=1S/C18H22BrN3O4/c1-12(18(25)21-6-8-26-9-7-21)20-17(24)13-10-16(23)22(11-13)15-5-3-2-4-14(15)19/h2-5,12-13H,6-11H2,1H3,(H,20,24)/t12-,13-/m0/s1. The van der Waals surface area contributed by atoms with E-state index in [0.717, 1.165) is 10.2 Å². The third-order valence-electron chi connectivity index (χ3n) is 4.69. The van der Waals surface area contributed by atoms with Crippen LogP contribution < -0.4 is 10.2 Å². The Bertz CT molecular complexity index is 705. The molecule has 0 aromatic heterocycles. The van der Waals surface area contributed by atoms with Crippen molar-refractivity contribution in [3.8, 4) is 0 Å². The molecule has 1 aromatic carbocycles. The number of halogens is 1. The highest BCUT2D eigenvalue weighted by Crippen LogP contribution is 2.31. The number of nitrogens with one attached hydrogen (secondary N) is 1. The van der Waals surface area contributed by atoms with E-state index in [1.165, 1.54) is 0 Å². The van der Waals surface area contributed by atoms with Gasteiger partial charge in [0.15, 0.2) is 0 Å². The summed E-state index contributed by atoms with van der Waals surface area (Å²) in [6.07, 6.45) is 0.144. The van der Waals surface area contributed by atoms with E-state index >= 15 is 0 Å². The summed E-state index contributed by atoms with van der Waals surface area (Å²) in [5.41, 5.74) is 0.755. The Labute approximate surface area is 160 Å². The fourth-order valence-electron chi connectivity index (χ4n) is 3.24. The fraction of sp³-hybridized carbons (Fsp3) is 0.500. The highest BCUT2D eigenvalue weighted by molar-refractivity contribution is 9.10. The number of hydrogen-bond acceptors (Lipinski definition) is 4. The average Bonchev–Trinajstić information content (AvgIpc) is 3.04. The molecule has 8 heteroatoms. The Morgan fingerprint density at radius 3 is 2.65 bits per heavy atom. The molecule has 7 nitrogen and oxygen atoms in total. The van der Waals surface area contributed by atoms with Crippen molar-refractivity contribution in [2.45, 2.75) is 19.4 Å². The zero-order chi connectivity index (χ0) is 18.7. The van der Waals surface area contributed by atoms with E-state index in [1.807, 2.05) is 24.3 Å². The lowest BCUT2D eigenvalue weighted by atomic mass is 10.1. The summed E-state index contributed by atoms with van der Waals surface area (Å²) in [5, 5.41) is 2.76. The number of ether oxygens (including phenoxy) is 1. The van der Waals surface area contributed by atoms with Crippen LogP contribution in [0.3, 0.4) is 0 Å². The molecule has 140 valence electrons. The molecule has 2 atom stereocenters. The van der Waals surface area contributed by atoms with E-state index in [9.17, 15) is 14.4 Å². The van der Waals surface area contributed by atoms with Crippen LogP contribution in [0.5, 0.6) is 0 Å². The molecular weight excluding hydrogens is 402 g/mol. The molecule has 2 aliphatic heterocycles. The first-order valence-corrected chi connectivity index (χ1v) is 9.48. The van der Waals surface area contributed by atoms with Crippen molar-refractivity contribution in [2.75, 3.05) is 37.7 Å². The molecule has 3 rings (SSSR count). The Morgan fingerprint density at radius 2 is 1.96 bits per heavy atom. The average molecular weight is 424 g/mol. The van der Waals surface area contributed by atoms with Crippen LogP contribution in [0.4, 0.5) is 5.69 Å². The van der Waals surface area contributed by atoms with Crippen LogP contribution in [0, 0.1) is 5.92 Å². The summed E-state index contributed by atoms with van der Waals surface area (Å²) in [6, 6.07) is 6.81. The molecule has 1 aromatic rings. The number of nitrogens with zero attached hydrogens (tertiary/aromatic N) is 2. The van der Waals surface area contributed by atoms with Gasteiger partial charge in [-0.2, -0.15) is 0 Å². The Kier molecular flexibility index (Phi) is 5.93. The van der Waals surface area contributed by atoms with Gasteiger partial charge in [0.1, 0.15) is 6.04 Å². The second kappa shape index (κ2) is 8.18. The number of rotatable bonds is 4. The van der Waals surface area contributed by atoms with Gasteiger partial charge in [-0.15, -0.1) is 0 Å². The largest absolute Gasteiger partial charge is 0.378 e. The molecule has 0 unspecified atom stereocenters. The quantitative estimate of drug-likeness (QED) is 0.787. The van der Waals surface area contributed by atoms with E-state index in [-0.39, 0.29) is 24.1 Å². The molecule has 0 bridgehead atoms. The maximum atomic E-state index is 12.6. The molecule has 2 aliphatic rings. The van der Waals surface area contributed by atoms with E-state index in [1.54, 1.807) is 16.7 Å². The Hall–Kier alpha value is -1.93. The second-order valence-corrected chi connectivity index (χ2v) is 7.38. The van der Waals surface area contributed by atoms with Crippen molar-refractivity contribution in [2.24, 2.45) is 5.92 Å². The van der Waals surface area contributed by atoms with Crippen LogP contribution in [0.2, 0.25) is 0 Å². The fourth-order valence-corrected chi connectivity index (χ4v) is 3.74. The minimum absolute atomic E-state index is 0.0933. The normalized spacial score (nSPS) is 21.6. The van der Waals surface area contributed by atoms with Gasteiger partial charge in [0.25, 0.3) is 0 Å². The van der Waals surface area contributed by atoms with Gasteiger partial charge < -0.3 is 19.9 Å². The van der Waals surface area contributed by atoms with E-state index in [4.69, 9.17) is 4.74 Å². The van der Waals surface area contributed by atoms with Gasteiger partial charge >= 0.3 is 0 Å². The van der Waals surface area contributed by atoms with Crippen LogP contribution >= 0.6 is 15.9 Å². The van der Waals surface area contributed by atoms with E-state index in [2.05, 4.69) is 21.2 Å². The molecule has 1 N–H and O–H groups in total. The lowest BCUT2D eigenvalue weighted by molar-refractivity contribution is -0.140. The van der Waals surface area contributed by atoms with Crippen molar-refractivity contribution in [1.82, 2.24) is 10.2 Å². The van der Waals surface area contributed by atoms with Crippen molar-refractivity contribution in [3.05, 3.63) is 28.7 Å². The van der Waals surface area contributed by atoms with Crippen LogP contribution in [0.15, 0.2) is 28.7 Å². The predicted octanol–water partition coefficient (Wildman–Crippen LogP) is 1.17. The number of para-hydroxylation sites is 1. The summed E-state index contributed by atoms with van der Waals surface area (Å²) < 4.78 is 6.05. The first-order chi connectivity index (χ1) is 12.5. The summed E-state index contributed by atoms with van der Waals surface area (Å²) in [7, 11) is 0. The molecule has 0 saturated carbocycles. The molecule has 0 radical (unpaired) electrons. The molecule has 0 spiro atoms. The zero-order valence-electron chi connectivity index (χ0n) is 14.6. The number of benzene rings is 1. The summed E-state index contributed by atoms with van der Waals surface area (Å²) >= 11 is 3.44. The molecule has 2 fully saturated rings. The number of carbonyl (C=O) groups is 3. The summed E-state index contributed by atoms with van der Waals surface area (Å²) in [6.45, 7) is 4.10. The van der Waals surface area contributed by atoms with Crippen LogP contribution in [-0.4, -0.2) is 61.5 Å². The number of amides is 3. The van der Waals surface area contributed by atoms with Crippen LogP contribution in [0.25, 0.3) is 0 Å². The molecule has 2 saturated heterocycles. The van der Waals surface area contributed by atoms with Gasteiger partial charge in [-0.05, 0) is 35.0 Å². The number of morpholine rings is 1. The third kappa shape index (κ3) is 4.07. The Balaban J connectivity index is 1.59. The van der Waals surface area contributed by atoms with Gasteiger partial charge in [-0.25, -0.2) is 0 Å². The summed E-state index contributed by atoms with van der Waals surface area (Å²) in [5.74, 6) is -0.936. The first kappa shape index (κ1) is 18.8. The maximum Gasteiger partial charge on any atom is 0.245 e. The molecule has 2 heterocycles. The monoisotopic (exact) mass is 423 g/mol. The van der Waals surface area contributed by atoms with Crippen molar-refractivity contribution >= 4 is 39.3 Å². The second-order valence-electron chi connectivity index (χ2n) is 6.52. The number of anilines is 1. The van der Waals surface area contributed by atoms with Gasteiger partial charge in [0, 0.05) is 30.5 Å². The Morgan fingerprint density at radius 1 is 1.27 bits per heavy atom. The smallest absolute Gasteiger partial charge is 0.245 e. The minimum Gasteiger partial charge on any atom is -0.378 e. The highest BCUT2D eigenvalue weighted by atomic mass is 79.9. The van der Waals surface area contributed by atoms with Gasteiger partial charge in [0.05, 0.1) is 24.8 Å².